The van der Waals surface area contributed by atoms with E-state index in [1.807, 2.05) is 36.5 Å². The molecule has 1 aliphatic rings. The number of allylic oxidation sites excluding steroid dienone is 1. The average molecular weight is 354 g/mol. The van der Waals surface area contributed by atoms with E-state index >= 15 is 0 Å². The van der Waals surface area contributed by atoms with E-state index in [9.17, 15) is 0 Å². The molecular formula is C24H22N2O. The van der Waals surface area contributed by atoms with Crippen LogP contribution in [0.2, 0.25) is 0 Å². The highest BCUT2D eigenvalue weighted by molar-refractivity contribution is 6.15. The van der Waals surface area contributed by atoms with Gasteiger partial charge in [-0.3, -0.25) is 9.98 Å². The molecule has 3 heteroatoms. The van der Waals surface area contributed by atoms with Crippen molar-refractivity contribution in [3.05, 3.63) is 89.8 Å². The molecule has 0 amide bonds. The molecule has 0 radical (unpaired) electrons. The number of ether oxygens (including phenoxy) is 1. The number of rotatable bonds is 4. The van der Waals surface area contributed by atoms with Gasteiger partial charge in [-0.15, -0.1) is 0 Å². The first-order valence-electron chi connectivity index (χ1n) is 9.24. The van der Waals surface area contributed by atoms with E-state index in [4.69, 9.17) is 9.73 Å². The van der Waals surface area contributed by atoms with Gasteiger partial charge in [-0.25, -0.2) is 0 Å². The van der Waals surface area contributed by atoms with Gasteiger partial charge in [-0.2, -0.15) is 0 Å². The third-order valence-electron chi connectivity index (χ3n) is 4.76. The summed E-state index contributed by atoms with van der Waals surface area (Å²) in [5.41, 5.74) is 6.82. The first kappa shape index (κ1) is 17.2. The van der Waals surface area contributed by atoms with E-state index in [1.165, 1.54) is 5.57 Å². The second kappa shape index (κ2) is 8.00. The van der Waals surface area contributed by atoms with Crippen molar-refractivity contribution in [2.24, 2.45) is 4.99 Å². The van der Waals surface area contributed by atoms with E-state index in [-0.39, 0.29) is 0 Å². The normalized spacial score (nSPS) is 15.4. The molecule has 2 heterocycles. The van der Waals surface area contributed by atoms with Gasteiger partial charge in [0.1, 0.15) is 5.75 Å². The third kappa shape index (κ3) is 3.82. The maximum atomic E-state index is 5.58. The first-order chi connectivity index (χ1) is 13.3. The molecule has 1 aromatic heterocycles. The number of aromatic nitrogens is 1. The van der Waals surface area contributed by atoms with Gasteiger partial charge in [0.05, 0.1) is 12.8 Å². The van der Waals surface area contributed by atoms with Crippen LogP contribution in [0.25, 0.3) is 17.2 Å². The standard InChI is InChI=1S/C24H22N2O/c1-27-23-12-11-18(16-22(23)19-7-3-2-4-8-19)15-20-9-6-14-26-24(20)21-10-5-13-25-17-21/h2-5,7-8,10-13,15-17H,6,9,14H2,1H3/b20-15-. The van der Waals surface area contributed by atoms with Crippen molar-refractivity contribution in [3.8, 4) is 16.9 Å². The Morgan fingerprint density at radius 2 is 1.81 bits per heavy atom. The van der Waals surface area contributed by atoms with Crippen molar-refractivity contribution < 1.29 is 4.74 Å². The van der Waals surface area contributed by atoms with Gasteiger partial charge < -0.3 is 4.74 Å². The lowest BCUT2D eigenvalue weighted by atomic mass is 9.94. The van der Waals surface area contributed by atoms with Crippen LogP contribution in [0.1, 0.15) is 24.0 Å². The monoisotopic (exact) mass is 354 g/mol. The summed E-state index contributed by atoms with van der Waals surface area (Å²) >= 11 is 0. The fourth-order valence-electron chi connectivity index (χ4n) is 3.46. The summed E-state index contributed by atoms with van der Waals surface area (Å²) in [7, 11) is 1.72. The van der Waals surface area contributed by atoms with Gasteiger partial charge in [0.15, 0.2) is 0 Å². The van der Waals surface area contributed by atoms with Crippen LogP contribution < -0.4 is 4.74 Å². The molecule has 0 atom stereocenters. The van der Waals surface area contributed by atoms with Gasteiger partial charge in [0, 0.05) is 30.1 Å². The molecule has 0 saturated heterocycles. The molecule has 134 valence electrons. The van der Waals surface area contributed by atoms with Crippen LogP contribution in [0.4, 0.5) is 0 Å². The predicted molar refractivity (Wildman–Crippen MR) is 111 cm³/mol. The Morgan fingerprint density at radius 3 is 2.59 bits per heavy atom. The van der Waals surface area contributed by atoms with Crippen molar-refractivity contribution >= 4 is 11.8 Å². The van der Waals surface area contributed by atoms with Crippen molar-refractivity contribution in [1.82, 2.24) is 4.98 Å². The summed E-state index contributed by atoms with van der Waals surface area (Å²) in [5.74, 6) is 0.883. The molecule has 0 spiro atoms. The van der Waals surface area contributed by atoms with E-state index in [2.05, 4.69) is 41.4 Å². The van der Waals surface area contributed by atoms with Gasteiger partial charge in [0.25, 0.3) is 0 Å². The van der Waals surface area contributed by atoms with Crippen LogP contribution >= 0.6 is 0 Å². The quantitative estimate of drug-likeness (QED) is 0.626. The summed E-state index contributed by atoms with van der Waals surface area (Å²) in [6.07, 6.45) is 8.04. The lowest BCUT2D eigenvalue weighted by molar-refractivity contribution is 0.416. The number of pyridine rings is 1. The zero-order chi connectivity index (χ0) is 18.5. The van der Waals surface area contributed by atoms with E-state index in [0.717, 1.165) is 53.1 Å². The third-order valence-corrected chi connectivity index (χ3v) is 4.76. The highest BCUT2D eigenvalue weighted by Crippen LogP contribution is 2.32. The number of hydrogen-bond acceptors (Lipinski definition) is 3. The molecule has 3 nitrogen and oxygen atoms in total. The van der Waals surface area contributed by atoms with E-state index < -0.39 is 0 Å². The van der Waals surface area contributed by atoms with Gasteiger partial charge in [-0.1, -0.05) is 36.4 Å². The minimum Gasteiger partial charge on any atom is -0.496 e. The number of aliphatic imine (C=N–C) groups is 1. The number of nitrogens with zero attached hydrogens (tertiary/aromatic N) is 2. The molecular weight excluding hydrogens is 332 g/mol. The first-order valence-corrected chi connectivity index (χ1v) is 9.24. The molecule has 0 saturated carbocycles. The maximum Gasteiger partial charge on any atom is 0.126 e. The zero-order valence-corrected chi connectivity index (χ0v) is 15.4. The Kier molecular flexibility index (Phi) is 5.10. The highest BCUT2D eigenvalue weighted by atomic mass is 16.5. The number of benzene rings is 2. The summed E-state index contributed by atoms with van der Waals surface area (Å²) in [6.45, 7) is 0.874. The summed E-state index contributed by atoms with van der Waals surface area (Å²) in [5, 5.41) is 0. The minimum atomic E-state index is 0.874. The Hall–Kier alpha value is -3.20. The lowest BCUT2D eigenvalue weighted by Gasteiger charge is -2.17. The molecule has 1 aliphatic heterocycles. The van der Waals surface area contributed by atoms with Crippen molar-refractivity contribution in [2.75, 3.05) is 13.7 Å². The smallest absolute Gasteiger partial charge is 0.126 e. The van der Waals surface area contributed by atoms with E-state index in [1.54, 1.807) is 13.3 Å². The van der Waals surface area contributed by atoms with Crippen LogP contribution in [0.15, 0.2) is 83.6 Å². The van der Waals surface area contributed by atoms with Gasteiger partial charge in [-0.05, 0) is 59.9 Å². The maximum absolute atomic E-state index is 5.58. The molecule has 0 N–H and O–H groups in total. The Labute approximate surface area is 160 Å². The Bertz CT molecular complexity index is 976. The SMILES string of the molecule is COc1ccc(/C=C2/CCCN=C2c2cccnc2)cc1-c1ccccc1. The van der Waals surface area contributed by atoms with Crippen molar-refractivity contribution in [2.45, 2.75) is 12.8 Å². The fraction of sp³-hybridized carbons (Fsp3) is 0.167. The number of methoxy groups -OCH3 is 1. The van der Waals surface area contributed by atoms with Crippen molar-refractivity contribution in [1.29, 1.82) is 0 Å². The zero-order valence-electron chi connectivity index (χ0n) is 15.4. The van der Waals surface area contributed by atoms with Crippen LogP contribution in [0.3, 0.4) is 0 Å². The molecule has 0 bridgehead atoms. The molecule has 2 aromatic carbocycles. The van der Waals surface area contributed by atoms with Crippen molar-refractivity contribution in [3.63, 3.8) is 0 Å². The topological polar surface area (TPSA) is 34.5 Å². The molecule has 0 fully saturated rings. The molecule has 3 aromatic rings. The average Bonchev–Trinajstić information content (AvgIpc) is 2.75. The van der Waals surface area contributed by atoms with Crippen LogP contribution in [0.5, 0.6) is 5.75 Å². The Balaban J connectivity index is 1.75. The summed E-state index contributed by atoms with van der Waals surface area (Å²) in [6, 6.07) is 20.7. The summed E-state index contributed by atoms with van der Waals surface area (Å²) < 4.78 is 5.58. The number of hydrogen-bond donors (Lipinski definition) is 0. The molecule has 0 aliphatic carbocycles. The van der Waals surface area contributed by atoms with Crippen LogP contribution in [0, 0.1) is 0 Å². The van der Waals surface area contributed by atoms with Crippen LogP contribution in [-0.2, 0) is 0 Å². The van der Waals surface area contributed by atoms with Crippen LogP contribution in [-0.4, -0.2) is 24.4 Å². The van der Waals surface area contributed by atoms with Gasteiger partial charge >= 0.3 is 0 Å². The van der Waals surface area contributed by atoms with E-state index in [0.29, 0.717) is 0 Å². The molecule has 4 rings (SSSR count). The predicted octanol–water partition coefficient (Wildman–Crippen LogP) is 5.42. The Morgan fingerprint density at radius 1 is 0.963 bits per heavy atom. The highest BCUT2D eigenvalue weighted by Gasteiger charge is 2.15. The minimum absolute atomic E-state index is 0.874. The second-order valence-corrected chi connectivity index (χ2v) is 6.57. The fourth-order valence-corrected chi connectivity index (χ4v) is 3.46. The summed E-state index contributed by atoms with van der Waals surface area (Å²) in [4.78, 5) is 9.03. The lowest BCUT2D eigenvalue weighted by Crippen LogP contribution is -2.11. The van der Waals surface area contributed by atoms with Gasteiger partial charge in [0.2, 0.25) is 0 Å². The molecule has 0 unspecified atom stereocenters. The largest absolute Gasteiger partial charge is 0.496 e. The second-order valence-electron chi connectivity index (χ2n) is 6.57. The molecule has 27 heavy (non-hydrogen) atoms.